The Kier molecular flexibility index (Phi) is 5.20. The van der Waals surface area contributed by atoms with Gasteiger partial charge in [0.15, 0.2) is 6.04 Å². The summed E-state index contributed by atoms with van der Waals surface area (Å²) < 4.78 is 0. The molecule has 8 heteroatoms. The predicted molar refractivity (Wildman–Crippen MR) is 67.1 cm³/mol. The molecule has 0 aliphatic heterocycles. The molecule has 0 aliphatic rings. The zero-order valence-corrected chi connectivity index (χ0v) is 11.2. The fourth-order valence-electron chi connectivity index (χ4n) is 1.23. The largest absolute Gasteiger partial charge is 0.480 e. The summed E-state index contributed by atoms with van der Waals surface area (Å²) in [6.45, 7) is 2.97. The van der Waals surface area contributed by atoms with E-state index in [1.165, 1.54) is 6.20 Å². The van der Waals surface area contributed by atoms with Crippen LogP contribution in [0, 0.1) is 0 Å². The molecule has 1 aromatic rings. The lowest BCUT2D eigenvalue weighted by molar-refractivity contribution is -0.140. The Morgan fingerprint density at radius 1 is 1.47 bits per heavy atom. The lowest BCUT2D eigenvalue weighted by Crippen LogP contribution is -2.43. The van der Waals surface area contributed by atoms with Crippen molar-refractivity contribution in [1.82, 2.24) is 15.3 Å². The van der Waals surface area contributed by atoms with Crippen molar-refractivity contribution in [2.45, 2.75) is 25.8 Å². The first kappa shape index (κ1) is 15.3. The number of carbonyl (C=O) groups excluding carboxylic acids is 1. The summed E-state index contributed by atoms with van der Waals surface area (Å²) in [5.74, 6) is -1.69. The number of carbonyl (C=O) groups is 2. The lowest BCUT2D eigenvalue weighted by atomic mass is 10.2. The minimum Gasteiger partial charge on any atom is -0.480 e. The monoisotopic (exact) mass is 287 g/mol. The van der Waals surface area contributed by atoms with Gasteiger partial charge in [-0.2, -0.15) is 0 Å². The van der Waals surface area contributed by atoms with E-state index in [2.05, 4.69) is 15.3 Å². The molecule has 0 aliphatic carbocycles. The lowest BCUT2D eigenvalue weighted by Gasteiger charge is -2.12. The van der Waals surface area contributed by atoms with Crippen LogP contribution in [0.2, 0.25) is 5.02 Å². The minimum absolute atomic E-state index is 0.00284. The summed E-state index contributed by atoms with van der Waals surface area (Å²) in [4.78, 5) is 30.5. The fourth-order valence-corrected chi connectivity index (χ4v) is 1.41. The summed E-state index contributed by atoms with van der Waals surface area (Å²) in [7, 11) is 0. The average Bonchev–Trinajstić information content (AvgIpc) is 2.35. The van der Waals surface area contributed by atoms with E-state index in [0.29, 0.717) is 5.82 Å². The molecule has 0 fully saturated rings. The highest BCUT2D eigenvalue weighted by molar-refractivity contribution is 6.33. The Hall–Kier alpha value is -1.73. The number of carboxylic acids is 1. The summed E-state index contributed by atoms with van der Waals surface area (Å²) in [6, 6.07) is -1.40. The fraction of sp³-hybridized carbons (Fsp3) is 0.455. The number of aromatic nitrogens is 2. The smallest absolute Gasteiger partial charge is 0.328 e. The third-order valence-corrected chi connectivity index (χ3v) is 2.56. The normalized spacial score (nSPS) is 12.3. The number of rotatable bonds is 5. The Morgan fingerprint density at radius 2 is 2.11 bits per heavy atom. The molecule has 0 bridgehead atoms. The van der Waals surface area contributed by atoms with Crippen LogP contribution in [0.4, 0.5) is 0 Å². The van der Waals surface area contributed by atoms with E-state index in [-0.39, 0.29) is 16.6 Å². The number of hydrogen-bond donors (Lipinski definition) is 3. The van der Waals surface area contributed by atoms with Crippen molar-refractivity contribution in [3.05, 3.63) is 22.7 Å². The quantitative estimate of drug-likeness (QED) is 0.724. The first-order chi connectivity index (χ1) is 8.86. The van der Waals surface area contributed by atoms with Crippen LogP contribution in [0.25, 0.3) is 0 Å². The highest BCUT2D eigenvalue weighted by Crippen LogP contribution is 2.16. The van der Waals surface area contributed by atoms with Gasteiger partial charge in [-0.05, 0) is 0 Å². The molecule has 3 N–H and O–H groups in total. The Balaban J connectivity index is 2.98. The highest BCUT2D eigenvalue weighted by Gasteiger charge is 2.22. The van der Waals surface area contributed by atoms with Crippen molar-refractivity contribution >= 4 is 23.5 Å². The van der Waals surface area contributed by atoms with E-state index in [4.69, 9.17) is 21.8 Å². The van der Waals surface area contributed by atoms with Gasteiger partial charge in [0.05, 0.1) is 17.8 Å². The van der Waals surface area contributed by atoms with Crippen LogP contribution in [0.5, 0.6) is 0 Å². The molecule has 0 saturated carbocycles. The van der Waals surface area contributed by atoms with Gasteiger partial charge in [-0.3, -0.25) is 4.79 Å². The summed E-state index contributed by atoms with van der Waals surface area (Å²) >= 11 is 5.81. The third kappa shape index (κ3) is 3.87. The topological polar surface area (TPSA) is 112 Å². The molecule has 7 nitrogen and oxygen atoms in total. The van der Waals surface area contributed by atoms with Crippen LogP contribution in [0.3, 0.4) is 0 Å². The molecule has 0 radical (unpaired) electrons. The second-order valence-corrected chi connectivity index (χ2v) is 4.53. The van der Waals surface area contributed by atoms with E-state index >= 15 is 0 Å². The van der Waals surface area contributed by atoms with Gasteiger partial charge in [0.25, 0.3) is 5.91 Å². The van der Waals surface area contributed by atoms with Crippen LogP contribution >= 0.6 is 11.6 Å². The van der Waals surface area contributed by atoms with E-state index in [1.807, 2.05) is 13.8 Å². The maximum atomic E-state index is 11.9. The predicted octanol–water partition coefficient (Wildman–Crippen LogP) is 0.429. The van der Waals surface area contributed by atoms with Gasteiger partial charge in [0.1, 0.15) is 11.5 Å². The zero-order valence-electron chi connectivity index (χ0n) is 10.4. The van der Waals surface area contributed by atoms with Gasteiger partial charge in [-0.15, -0.1) is 0 Å². The Labute approximate surface area is 114 Å². The second kappa shape index (κ2) is 6.44. The van der Waals surface area contributed by atoms with Crippen molar-refractivity contribution in [2.24, 2.45) is 0 Å². The second-order valence-electron chi connectivity index (χ2n) is 4.13. The molecule has 1 atom stereocenters. The zero-order chi connectivity index (χ0) is 14.6. The summed E-state index contributed by atoms with van der Waals surface area (Å²) in [5.41, 5.74) is -0.111. The molecule has 1 amide bonds. The molecule has 1 unspecified atom stereocenters. The molecule has 19 heavy (non-hydrogen) atoms. The molecule has 1 heterocycles. The van der Waals surface area contributed by atoms with Gasteiger partial charge in [0, 0.05) is 5.92 Å². The van der Waals surface area contributed by atoms with E-state index in [0.717, 1.165) is 0 Å². The third-order valence-electron chi connectivity index (χ3n) is 2.28. The standard InChI is InChI=1S/C11H14ClN3O4/c1-5(2)9-13-3-6(12)8(15-9)10(17)14-7(4-16)11(18)19/h3,5,7,16H,4H2,1-2H3,(H,14,17)(H,18,19). The molecule has 0 aromatic carbocycles. The first-order valence-corrected chi connectivity index (χ1v) is 5.91. The Bertz CT molecular complexity index is 493. The van der Waals surface area contributed by atoms with Crippen molar-refractivity contribution in [3.63, 3.8) is 0 Å². The number of amides is 1. The number of hydrogen-bond acceptors (Lipinski definition) is 5. The number of carboxylic acid groups (broad SMARTS) is 1. The maximum Gasteiger partial charge on any atom is 0.328 e. The average molecular weight is 288 g/mol. The Morgan fingerprint density at radius 3 is 2.58 bits per heavy atom. The molecule has 0 saturated heterocycles. The minimum atomic E-state index is -1.40. The van der Waals surface area contributed by atoms with Crippen LogP contribution < -0.4 is 5.32 Å². The number of aliphatic carboxylic acids is 1. The number of nitrogens with zero attached hydrogens (tertiary/aromatic N) is 2. The van der Waals surface area contributed by atoms with Gasteiger partial charge in [-0.25, -0.2) is 14.8 Å². The van der Waals surface area contributed by atoms with E-state index < -0.39 is 24.5 Å². The van der Waals surface area contributed by atoms with Crippen molar-refractivity contribution in [2.75, 3.05) is 6.61 Å². The number of aliphatic hydroxyl groups is 1. The van der Waals surface area contributed by atoms with Gasteiger partial charge in [0.2, 0.25) is 0 Å². The molecular weight excluding hydrogens is 274 g/mol. The van der Waals surface area contributed by atoms with Gasteiger partial charge in [-0.1, -0.05) is 25.4 Å². The molecular formula is C11H14ClN3O4. The van der Waals surface area contributed by atoms with Crippen LogP contribution in [-0.4, -0.2) is 44.7 Å². The maximum absolute atomic E-state index is 11.9. The molecule has 104 valence electrons. The summed E-state index contributed by atoms with van der Waals surface area (Å²) in [6.07, 6.45) is 1.29. The molecule has 1 aromatic heterocycles. The van der Waals surface area contributed by atoms with Crippen molar-refractivity contribution in [3.8, 4) is 0 Å². The SMILES string of the molecule is CC(C)c1ncc(Cl)c(C(=O)NC(CO)C(=O)O)n1. The molecule has 1 rings (SSSR count). The first-order valence-electron chi connectivity index (χ1n) is 5.53. The number of nitrogens with one attached hydrogen (secondary N) is 1. The number of halogens is 1. The van der Waals surface area contributed by atoms with Crippen LogP contribution in [0.1, 0.15) is 36.1 Å². The van der Waals surface area contributed by atoms with Gasteiger partial charge >= 0.3 is 5.97 Å². The summed E-state index contributed by atoms with van der Waals surface area (Å²) in [5, 5.41) is 19.7. The van der Waals surface area contributed by atoms with E-state index in [9.17, 15) is 9.59 Å². The van der Waals surface area contributed by atoms with Crippen LogP contribution in [0.15, 0.2) is 6.20 Å². The number of aliphatic hydroxyl groups excluding tert-OH is 1. The van der Waals surface area contributed by atoms with Crippen molar-refractivity contribution < 1.29 is 19.8 Å². The molecule has 0 spiro atoms. The van der Waals surface area contributed by atoms with Crippen molar-refractivity contribution in [1.29, 1.82) is 0 Å². The van der Waals surface area contributed by atoms with Crippen LogP contribution in [-0.2, 0) is 4.79 Å². The highest BCUT2D eigenvalue weighted by atomic mass is 35.5. The van der Waals surface area contributed by atoms with Gasteiger partial charge < -0.3 is 15.5 Å². The van der Waals surface area contributed by atoms with E-state index in [1.54, 1.807) is 0 Å².